The molecular formula is C23H22N4O. The first-order valence-electron chi connectivity index (χ1n) is 8.94. The van der Waals surface area contributed by atoms with E-state index < -0.39 is 0 Å². The minimum Gasteiger partial charge on any atom is -0.404 e. The van der Waals surface area contributed by atoms with Crippen molar-refractivity contribution in [3.05, 3.63) is 90.3 Å². The van der Waals surface area contributed by atoms with Crippen molar-refractivity contribution >= 4 is 23.1 Å². The smallest absolute Gasteiger partial charge is 0.260 e. The summed E-state index contributed by atoms with van der Waals surface area (Å²) in [6.45, 7) is 3.73. The van der Waals surface area contributed by atoms with Crippen LogP contribution in [0.5, 0.6) is 0 Å². The van der Waals surface area contributed by atoms with E-state index in [-0.39, 0.29) is 5.91 Å². The Hall–Kier alpha value is -3.73. The number of rotatable bonds is 5. The first kappa shape index (κ1) is 19.0. The molecule has 140 valence electrons. The van der Waals surface area contributed by atoms with Crippen LogP contribution in [0.4, 0.5) is 11.5 Å². The third kappa shape index (κ3) is 4.51. The number of carbonyl (C=O) groups excluding carboxylic acids is 1. The number of aliphatic imine (C=N–C) groups is 1. The van der Waals surface area contributed by atoms with Gasteiger partial charge in [0, 0.05) is 18.0 Å². The van der Waals surface area contributed by atoms with Crippen LogP contribution in [0.25, 0.3) is 11.1 Å². The highest BCUT2D eigenvalue weighted by Crippen LogP contribution is 2.20. The highest BCUT2D eigenvalue weighted by molar-refractivity contribution is 6.24. The SMILES string of the molecule is CC(=Nc1ccccc1C)/C(=C\N)C(=O)Nc1ccc(-c2ccccc2)cn1. The maximum atomic E-state index is 12.6. The summed E-state index contributed by atoms with van der Waals surface area (Å²) in [6.07, 6.45) is 3.00. The van der Waals surface area contributed by atoms with E-state index in [2.05, 4.69) is 15.3 Å². The molecular weight excluding hydrogens is 348 g/mol. The van der Waals surface area contributed by atoms with Gasteiger partial charge >= 0.3 is 0 Å². The van der Waals surface area contributed by atoms with Crippen molar-refractivity contribution in [3.8, 4) is 11.1 Å². The summed E-state index contributed by atoms with van der Waals surface area (Å²) in [5.74, 6) is 0.102. The molecule has 0 saturated carbocycles. The van der Waals surface area contributed by atoms with E-state index in [4.69, 9.17) is 5.73 Å². The van der Waals surface area contributed by atoms with Gasteiger partial charge in [-0.05, 0) is 43.2 Å². The van der Waals surface area contributed by atoms with Gasteiger partial charge in [0.2, 0.25) is 0 Å². The number of hydrogen-bond acceptors (Lipinski definition) is 4. The summed E-state index contributed by atoms with van der Waals surface area (Å²) in [4.78, 5) is 21.5. The molecule has 0 aliphatic rings. The first-order valence-corrected chi connectivity index (χ1v) is 8.94. The molecule has 28 heavy (non-hydrogen) atoms. The predicted molar refractivity (Wildman–Crippen MR) is 115 cm³/mol. The second-order valence-corrected chi connectivity index (χ2v) is 6.32. The van der Waals surface area contributed by atoms with Crippen molar-refractivity contribution in [1.29, 1.82) is 0 Å². The van der Waals surface area contributed by atoms with Crippen LogP contribution in [-0.2, 0) is 4.79 Å². The number of nitrogens with zero attached hydrogens (tertiary/aromatic N) is 2. The molecule has 1 amide bonds. The van der Waals surface area contributed by atoms with Gasteiger partial charge in [0.15, 0.2) is 0 Å². The third-order valence-electron chi connectivity index (χ3n) is 4.32. The van der Waals surface area contributed by atoms with Crippen LogP contribution in [0.3, 0.4) is 0 Å². The van der Waals surface area contributed by atoms with Crippen LogP contribution in [-0.4, -0.2) is 16.6 Å². The number of pyridine rings is 1. The number of anilines is 1. The number of benzene rings is 2. The van der Waals surface area contributed by atoms with E-state index >= 15 is 0 Å². The average Bonchev–Trinajstić information content (AvgIpc) is 2.71. The number of aryl methyl sites for hydroxylation is 1. The predicted octanol–water partition coefficient (Wildman–Crippen LogP) is 4.63. The molecule has 5 nitrogen and oxygen atoms in total. The molecule has 0 saturated heterocycles. The summed E-state index contributed by atoms with van der Waals surface area (Å²) in [5, 5.41) is 2.77. The number of nitrogens with two attached hydrogens (primary N) is 1. The molecule has 0 atom stereocenters. The second-order valence-electron chi connectivity index (χ2n) is 6.32. The molecule has 1 aromatic heterocycles. The molecule has 0 radical (unpaired) electrons. The zero-order chi connectivity index (χ0) is 19.9. The van der Waals surface area contributed by atoms with Gasteiger partial charge in [0.1, 0.15) is 5.82 Å². The van der Waals surface area contributed by atoms with Gasteiger partial charge < -0.3 is 11.1 Å². The summed E-state index contributed by atoms with van der Waals surface area (Å²) in [5.41, 5.74) is 10.4. The minimum absolute atomic E-state index is 0.303. The monoisotopic (exact) mass is 370 g/mol. The van der Waals surface area contributed by atoms with Crippen molar-refractivity contribution in [2.24, 2.45) is 10.7 Å². The van der Waals surface area contributed by atoms with Crippen molar-refractivity contribution < 1.29 is 4.79 Å². The fourth-order valence-electron chi connectivity index (χ4n) is 2.74. The molecule has 2 aromatic carbocycles. The third-order valence-corrected chi connectivity index (χ3v) is 4.32. The molecule has 0 bridgehead atoms. The Bertz CT molecular complexity index is 1020. The Kier molecular flexibility index (Phi) is 5.97. The van der Waals surface area contributed by atoms with Crippen LogP contribution in [0.15, 0.2) is 89.7 Å². The molecule has 5 heteroatoms. The van der Waals surface area contributed by atoms with Crippen molar-refractivity contribution in [1.82, 2.24) is 4.98 Å². The molecule has 3 N–H and O–H groups in total. The van der Waals surface area contributed by atoms with Gasteiger partial charge in [-0.25, -0.2) is 4.98 Å². The zero-order valence-corrected chi connectivity index (χ0v) is 15.9. The van der Waals surface area contributed by atoms with Gasteiger partial charge in [-0.15, -0.1) is 0 Å². The topological polar surface area (TPSA) is 80.4 Å². The Morgan fingerprint density at radius 2 is 1.71 bits per heavy atom. The van der Waals surface area contributed by atoms with E-state index in [1.54, 1.807) is 19.2 Å². The Labute approximate surface area is 164 Å². The van der Waals surface area contributed by atoms with E-state index in [1.165, 1.54) is 6.20 Å². The number of para-hydroxylation sites is 1. The zero-order valence-electron chi connectivity index (χ0n) is 15.9. The van der Waals surface area contributed by atoms with E-state index in [9.17, 15) is 4.79 Å². The molecule has 0 aliphatic carbocycles. The molecule has 0 spiro atoms. The quantitative estimate of drug-likeness (QED) is 0.507. The first-order chi connectivity index (χ1) is 13.6. The van der Waals surface area contributed by atoms with Gasteiger partial charge in [-0.1, -0.05) is 48.5 Å². The molecule has 3 aromatic rings. The Balaban J connectivity index is 1.75. The average molecular weight is 370 g/mol. The Morgan fingerprint density at radius 3 is 2.36 bits per heavy atom. The largest absolute Gasteiger partial charge is 0.404 e. The summed E-state index contributed by atoms with van der Waals surface area (Å²) in [7, 11) is 0. The number of nitrogens with one attached hydrogen (secondary N) is 1. The summed E-state index contributed by atoms with van der Waals surface area (Å²) < 4.78 is 0. The lowest BCUT2D eigenvalue weighted by molar-refractivity contribution is -0.112. The highest BCUT2D eigenvalue weighted by Gasteiger charge is 2.14. The molecule has 1 heterocycles. The number of hydrogen-bond donors (Lipinski definition) is 2. The molecule has 0 unspecified atom stereocenters. The highest BCUT2D eigenvalue weighted by atomic mass is 16.1. The van der Waals surface area contributed by atoms with Crippen LogP contribution < -0.4 is 11.1 Å². The van der Waals surface area contributed by atoms with Crippen molar-refractivity contribution in [3.63, 3.8) is 0 Å². The maximum absolute atomic E-state index is 12.6. The van der Waals surface area contributed by atoms with Gasteiger partial charge in [-0.2, -0.15) is 0 Å². The number of aromatic nitrogens is 1. The fourth-order valence-corrected chi connectivity index (χ4v) is 2.74. The van der Waals surface area contributed by atoms with E-state index in [1.807, 2.05) is 67.6 Å². The summed E-state index contributed by atoms with van der Waals surface area (Å²) in [6, 6.07) is 21.3. The molecule has 3 rings (SSSR count). The van der Waals surface area contributed by atoms with Crippen molar-refractivity contribution in [2.45, 2.75) is 13.8 Å². The molecule has 0 fully saturated rings. The molecule has 0 aliphatic heterocycles. The maximum Gasteiger partial charge on any atom is 0.260 e. The second kappa shape index (κ2) is 8.77. The van der Waals surface area contributed by atoms with Gasteiger partial charge in [0.25, 0.3) is 5.91 Å². The lowest BCUT2D eigenvalue weighted by Crippen LogP contribution is -2.20. The van der Waals surface area contributed by atoms with E-state index in [0.717, 1.165) is 22.4 Å². The lowest BCUT2D eigenvalue weighted by atomic mass is 10.1. The van der Waals surface area contributed by atoms with Gasteiger partial charge in [0.05, 0.1) is 17.0 Å². The van der Waals surface area contributed by atoms with Gasteiger partial charge in [-0.3, -0.25) is 9.79 Å². The minimum atomic E-state index is -0.350. The fraction of sp³-hybridized carbons (Fsp3) is 0.0870. The van der Waals surface area contributed by atoms with Crippen LogP contribution >= 0.6 is 0 Å². The lowest BCUT2D eigenvalue weighted by Gasteiger charge is -2.09. The normalized spacial score (nSPS) is 11.9. The number of carbonyl (C=O) groups is 1. The van der Waals surface area contributed by atoms with E-state index in [0.29, 0.717) is 17.1 Å². The standard InChI is InChI=1S/C23H22N4O/c1-16-8-6-7-11-21(16)26-17(2)20(14-24)23(28)27-22-13-12-19(15-25-22)18-9-4-3-5-10-18/h3-15H,24H2,1-2H3,(H,25,27,28)/b20-14+,26-17?. The van der Waals surface area contributed by atoms with Crippen molar-refractivity contribution in [2.75, 3.05) is 5.32 Å². The van der Waals surface area contributed by atoms with Crippen LogP contribution in [0, 0.1) is 6.92 Å². The Morgan fingerprint density at radius 1 is 1.00 bits per heavy atom. The van der Waals surface area contributed by atoms with Crippen LogP contribution in [0.1, 0.15) is 12.5 Å². The van der Waals surface area contributed by atoms with Crippen LogP contribution in [0.2, 0.25) is 0 Å². The summed E-state index contributed by atoms with van der Waals surface area (Å²) >= 11 is 0. The number of amides is 1.